The van der Waals surface area contributed by atoms with Crippen LogP contribution in [-0.2, 0) is 16.1 Å². The summed E-state index contributed by atoms with van der Waals surface area (Å²) in [6, 6.07) is 4.31. The van der Waals surface area contributed by atoms with Crippen LogP contribution in [0.2, 0.25) is 0 Å². The van der Waals surface area contributed by atoms with E-state index in [0.717, 1.165) is 68.2 Å². The third-order valence-corrected chi connectivity index (χ3v) is 7.08. The van der Waals surface area contributed by atoms with E-state index in [9.17, 15) is 4.79 Å². The number of rotatable bonds is 3. The highest BCUT2D eigenvalue weighted by atomic mass is 32.2. The van der Waals surface area contributed by atoms with E-state index in [-0.39, 0.29) is 0 Å². The van der Waals surface area contributed by atoms with Gasteiger partial charge in [0.25, 0.3) is 0 Å². The molecule has 0 aromatic carbocycles. The molecule has 8 nitrogen and oxygen atoms in total. The Morgan fingerprint density at radius 3 is 2.73 bits per heavy atom. The number of hydrogen-bond donors (Lipinski definition) is 2. The van der Waals surface area contributed by atoms with Crippen LogP contribution in [0.25, 0.3) is 21.9 Å². The van der Waals surface area contributed by atoms with Crippen LogP contribution in [0.4, 0.5) is 0 Å². The first-order valence-corrected chi connectivity index (χ1v) is 12.9. The topological polar surface area (TPSA) is 128 Å². The van der Waals surface area contributed by atoms with E-state index < -0.39 is 11.3 Å². The standard InChI is InChI=1S/C24H30N4O.H3NO2S/c1-16-3-2-12-28(15-16)22(29)13-17-4-6-18(7-5-17)19-8-10-25-21-14-27-24-20(23(19)21)9-11-26-24;1-4(2)3/h8-11,14,16-18,25H,2-7,12-13,15H2,1H3;1H2,(H,2,3)/p-1. The van der Waals surface area contributed by atoms with Crippen molar-refractivity contribution in [2.24, 2.45) is 17.0 Å². The largest absolute Gasteiger partial charge is 0.760 e. The van der Waals surface area contributed by atoms with Crippen molar-refractivity contribution in [2.45, 2.75) is 57.8 Å². The molecule has 1 saturated carbocycles. The monoisotopic (exact) mass is 470 g/mol. The Kier molecular flexibility index (Phi) is 7.72. The maximum absolute atomic E-state index is 12.8. The van der Waals surface area contributed by atoms with Gasteiger partial charge in [-0.05, 0) is 74.0 Å². The van der Waals surface area contributed by atoms with Crippen LogP contribution < -0.4 is 5.14 Å². The Balaban J connectivity index is 0.000000601. The third kappa shape index (κ3) is 5.77. The van der Waals surface area contributed by atoms with E-state index in [0.29, 0.717) is 23.7 Å². The molecule has 33 heavy (non-hydrogen) atoms. The number of fused-ring (bicyclic) bond motifs is 3. The number of carbonyl (C=O) groups excluding carboxylic acids is 1. The second kappa shape index (κ2) is 10.7. The van der Waals surface area contributed by atoms with Crippen LogP contribution in [0.5, 0.6) is 0 Å². The summed E-state index contributed by atoms with van der Waals surface area (Å²) < 4.78 is 17.6. The van der Waals surface area contributed by atoms with Crippen LogP contribution in [-0.4, -0.2) is 47.6 Å². The molecule has 0 spiro atoms. The Labute approximate surface area is 196 Å². The van der Waals surface area contributed by atoms with E-state index in [1.165, 1.54) is 17.4 Å². The van der Waals surface area contributed by atoms with Crippen molar-refractivity contribution in [3.05, 3.63) is 36.3 Å². The molecule has 0 bridgehead atoms. The minimum Gasteiger partial charge on any atom is -0.760 e. The van der Waals surface area contributed by atoms with E-state index in [2.05, 4.69) is 44.0 Å². The van der Waals surface area contributed by atoms with Gasteiger partial charge in [0.1, 0.15) is 0 Å². The van der Waals surface area contributed by atoms with Gasteiger partial charge in [-0.3, -0.25) is 14.1 Å². The zero-order chi connectivity index (χ0) is 23.4. The lowest BCUT2D eigenvalue weighted by Gasteiger charge is -2.34. The average Bonchev–Trinajstić information content (AvgIpc) is 3.28. The molecule has 0 radical (unpaired) electrons. The van der Waals surface area contributed by atoms with Gasteiger partial charge in [0, 0.05) is 53.9 Å². The molecule has 3 aromatic heterocycles. The molecule has 2 fully saturated rings. The summed E-state index contributed by atoms with van der Waals surface area (Å²) in [6.07, 6.45) is 13.6. The lowest BCUT2D eigenvalue weighted by Crippen LogP contribution is -2.40. The molecule has 1 amide bonds. The van der Waals surface area contributed by atoms with E-state index in [1.807, 2.05) is 18.6 Å². The molecule has 3 aromatic rings. The van der Waals surface area contributed by atoms with Gasteiger partial charge in [0.15, 0.2) is 5.65 Å². The third-order valence-electron chi connectivity index (χ3n) is 7.08. The molecule has 5 rings (SSSR count). The van der Waals surface area contributed by atoms with Crippen molar-refractivity contribution in [3.63, 3.8) is 0 Å². The fraction of sp³-hybridized carbons (Fsp3) is 0.542. The molecule has 2 aliphatic rings. The Morgan fingerprint density at radius 1 is 1.24 bits per heavy atom. The zero-order valence-electron chi connectivity index (χ0n) is 19.0. The van der Waals surface area contributed by atoms with Crippen LogP contribution in [0.15, 0.2) is 30.7 Å². The van der Waals surface area contributed by atoms with Crippen LogP contribution in [0, 0.1) is 11.8 Å². The van der Waals surface area contributed by atoms with Crippen LogP contribution in [0.1, 0.15) is 63.4 Å². The summed E-state index contributed by atoms with van der Waals surface area (Å²) >= 11 is -2.36. The van der Waals surface area contributed by atoms with E-state index in [4.69, 9.17) is 8.76 Å². The maximum Gasteiger partial charge on any atom is 0.222 e. The zero-order valence-corrected chi connectivity index (χ0v) is 19.9. The number of aromatic amines is 1. The lowest BCUT2D eigenvalue weighted by atomic mass is 9.76. The van der Waals surface area contributed by atoms with Gasteiger partial charge in [0.05, 0.1) is 11.7 Å². The number of H-pyrrole nitrogens is 1. The maximum atomic E-state index is 12.8. The Hall–Kier alpha value is -2.36. The number of aromatic nitrogens is 3. The molecule has 9 heteroatoms. The fourth-order valence-electron chi connectivity index (χ4n) is 5.49. The molecular formula is C24H32N5O3S-. The van der Waals surface area contributed by atoms with Gasteiger partial charge in [-0.25, -0.2) is 9.97 Å². The molecular weight excluding hydrogens is 438 g/mol. The first-order chi connectivity index (χ1) is 15.9. The Morgan fingerprint density at radius 2 is 2.00 bits per heavy atom. The number of pyridine rings is 2. The number of carbonyl (C=O) groups is 1. The number of nitrogens with zero attached hydrogens (tertiary/aromatic N) is 3. The highest BCUT2D eigenvalue weighted by molar-refractivity contribution is 7.76. The summed E-state index contributed by atoms with van der Waals surface area (Å²) in [5, 5.41) is 6.45. The van der Waals surface area contributed by atoms with Crippen molar-refractivity contribution < 1.29 is 13.6 Å². The fourth-order valence-corrected chi connectivity index (χ4v) is 5.49. The second-order valence-corrected chi connectivity index (χ2v) is 9.95. The number of piperidine rings is 1. The summed E-state index contributed by atoms with van der Waals surface area (Å²) in [7, 11) is 0. The van der Waals surface area contributed by atoms with Gasteiger partial charge >= 0.3 is 0 Å². The van der Waals surface area contributed by atoms with Gasteiger partial charge in [-0.15, -0.1) is 0 Å². The normalized spacial score (nSPS) is 24.3. The molecule has 2 atom stereocenters. The molecule has 2 unspecified atom stereocenters. The smallest absolute Gasteiger partial charge is 0.222 e. The first-order valence-electron chi connectivity index (χ1n) is 11.7. The number of amides is 1. The molecule has 1 aliphatic heterocycles. The molecule has 1 aliphatic carbocycles. The SMILES string of the molecule is CC1CCCN(C(=O)CC2CCC(c3cc[nH]c4cnc5nccc5c34)CC2)C1.NS(=O)[O-]. The number of hydrogen-bond acceptors (Lipinski definition) is 5. The molecule has 3 N–H and O–H groups in total. The van der Waals surface area contributed by atoms with Gasteiger partial charge in [0.2, 0.25) is 5.91 Å². The van der Waals surface area contributed by atoms with Crippen molar-refractivity contribution in [1.82, 2.24) is 19.9 Å². The van der Waals surface area contributed by atoms with Crippen molar-refractivity contribution in [3.8, 4) is 0 Å². The quantitative estimate of drug-likeness (QED) is 0.563. The summed E-state index contributed by atoms with van der Waals surface area (Å²) in [5.41, 5.74) is 3.32. The lowest BCUT2D eigenvalue weighted by molar-refractivity contribution is -0.134. The van der Waals surface area contributed by atoms with Gasteiger partial charge < -0.3 is 14.4 Å². The predicted octanol–water partition coefficient (Wildman–Crippen LogP) is 3.77. The molecule has 1 saturated heterocycles. The number of likely N-dealkylation sites (tertiary alicyclic amines) is 1. The minimum absolute atomic E-state index is 0.385. The first kappa shape index (κ1) is 23.8. The number of nitrogens with two attached hydrogens (primary N) is 1. The van der Waals surface area contributed by atoms with Crippen molar-refractivity contribution >= 4 is 39.1 Å². The number of nitrogens with one attached hydrogen (secondary N) is 1. The predicted molar refractivity (Wildman–Crippen MR) is 129 cm³/mol. The van der Waals surface area contributed by atoms with Gasteiger partial charge in [-0.2, -0.15) is 0 Å². The summed E-state index contributed by atoms with van der Waals surface area (Å²) in [4.78, 5) is 27.1. The average molecular weight is 471 g/mol. The molecule has 4 heterocycles. The van der Waals surface area contributed by atoms with Crippen LogP contribution in [0.3, 0.4) is 0 Å². The van der Waals surface area contributed by atoms with E-state index in [1.54, 1.807) is 0 Å². The summed E-state index contributed by atoms with van der Waals surface area (Å²) in [5.74, 6) is 2.13. The van der Waals surface area contributed by atoms with Crippen molar-refractivity contribution in [1.29, 1.82) is 0 Å². The summed E-state index contributed by atoms with van der Waals surface area (Å²) in [6.45, 7) is 4.18. The van der Waals surface area contributed by atoms with Crippen molar-refractivity contribution in [2.75, 3.05) is 13.1 Å². The van der Waals surface area contributed by atoms with Gasteiger partial charge in [-0.1, -0.05) is 6.92 Å². The second-order valence-electron chi connectivity index (χ2n) is 9.43. The highest BCUT2D eigenvalue weighted by Crippen LogP contribution is 2.40. The highest BCUT2D eigenvalue weighted by Gasteiger charge is 2.28. The molecule has 178 valence electrons. The van der Waals surface area contributed by atoms with E-state index >= 15 is 0 Å². The Bertz CT molecular complexity index is 1120. The minimum atomic E-state index is -2.36. The van der Waals surface area contributed by atoms with Crippen LogP contribution >= 0.6 is 0 Å².